The van der Waals surface area contributed by atoms with E-state index in [0.29, 0.717) is 18.3 Å². The lowest BCUT2D eigenvalue weighted by molar-refractivity contribution is -0.881. The molecule has 2 aliphatic carbocycles. The number of aliphatic hydroxyl groups excluding tert-OH is 9. The van der Waals surface area contributed by atoms with Gasteiger partial charge in [0.15, 0.2) is 6.29 Å². The van der Waals surface area contributed by atoms with Crippen LogP contribution in [0.2, 0.25) is 0 Å². The molecule has 19 nitrogen and oxygen atoms in total. The van der Waals surface area contributed by atoms with Gasteiger partial charge in [0.25, 0.3) is 0 Å². The lowest BCUT2D eigenvalue weighted by Crippen LogP contribution is -3.00. The summed E-state index contributed by atoms with van der Waals surface area (Å²) < 4.78 is 45.9. The maximum absolute atomic E-state index is 12.9. The number of likely N-dealkylation sites (tertiary alicyclic amines) is 3. The van der Waals surface area contributed by atoms with E-state index in [1.165, 1.54) is 39.6 Å². The third-order valence-corrected chi connectivity index (χ3v) is 18.0. The molecule has 440 valence electrons. The van der Waals surface area contributed by atoms with Gasteiger partial charge in [0.1, 0.15) is 30.5 Å². The molecule has 4 aliphatic heterocycles. The third kappa shape index (κ3) is 17.1. The summed E-state index contributed by atoms with van der Waals surface area (Å²) in [7, 11) is 15.4. The van der Waals surface area contributed by atoms with Crippen LogP contribution in [0.1, 0.15) is 58.8 Å². The van der Waals surface area contributed by atoms with Crippen LogP contribution in [-0.2, 0) is 33.2 Å². The smallest absolute Gasteiger partial charge is 0.186 e. The summed E-state index contributed by atoms with van der Waals surface area (Å²) in [5.41, 5.74) is -1.56. The van der Waals surface area contributed by atoms with Crippen molar-refractivity contribution in [2.45, 2.75) is 132 Å². The maximum Gasteiger partial charge on any atom is 0.186 e. The van der Waals surface area contributed by atoms with Crippen LogP contribution in [0.4, 0.5) is 0 Å². The van der Waals surface area contributed by atoms with Gasteiger partial charge in [-0.1, -0.05) is 13.8 Å². The highest BCUT2D eigenvalue weighted by molar-refractivity contribution is 5.08. The zero-order valence-corrected chi connectivity index (χ0v) is 48.2. The van der Waals surface area contributed by atoms with Crippen molar-refractivity contribution in [2.75, 3.05) is 148 Å². The number of nitrogens with zero attached hydrogens (tertiary/aromatic N) is 3. The van der Waals surface area contributed by atoms with Gasteiger partial charge in [0.05, 0.1) is 177 Å². The Kier molecular flexibility index (Phi) is 27.5. The molecule has 0 radical (unpaired) electrons. The fraction of sp³-hybridized carbons (Fsp3) is 1.00. The van der Waals surface area contributed by atoms with E-state index in [0.717, 1.165) is 57.8 Å². The highest BCUT2D eigenvalue weighted by Crippen LogP contribution is 2.49. The van der Waals surface area contributed by atoms with Gasteiger partial charge in [-0.3, -0.25) is 0 Å². The Morgan fingerprint density at radius 3 is 1.51 bits per heavy atom. The molecule has 6 rings (SSSR count). The molecular formula is C52H100Cl3N3O16. The fourth-order valence-corrected chi connectivity index (χ4v) is 14.6. The second kappa shape index (κ2) is 29.7. The van der Waals surface area contributed by atoms with Gasteiger partial charge in [-0.15, -0.1) is 0 Å². The van der Waals surface area contributed by atoms with E-state index in [9.17, 15) is 46.0 Å². The normalized spacial score (nSPS) is 42.6. The van der Waals surface area contributed by atoms with Crippen molar-refractivity contribution >= 4 is 0 Å². The Hall–Kier alpha value is 0.110. The van der Waals surface area contributed by atoms with E-state index in [1.54, 1.807) is 6.92 Å². The molecule has 21 atom stereocenters. The predicted octanol–water partition coefficient (Wildman–Crippen LogP) is -9.95. The minimum atomic E-state index is -1.67. The molecule has 0 aromatic carbocycles. The highest BCUT2D eigenvalue weighted by atomic mass is 35.5. The van der Waals surface area contributed by atoms with Gasteiger partial charge in [-0.05, 0) is 44.9 Å². The lowest BCUT2D eigenvalue weighted by atomic mass is 9.67. The van der Waals surface area contributed by atoms with Gasteiger partial charge < -0.3 is 130 Å². The molecule has 22 heteroatoms. The average Bonchev–Trinajstić information content (AvgIpc) is 3.89. The SMILES string of the molecule is COC1CC(COCCO)C(OC2(CC3C[N+](C)(C)CC3CCC3C[N+](C)(C)CC3CCC3C[N+](C)(C)CC3C)CC(COCCO)C(OC3OC(COCCO)C(C)C(O)C3O)C(O)C2O)C(O)C1O.[Cl-].[Cl-].[Cl-]. The van der Waals surface area contributed by atoms with Crippen molar-refractivity contribution in [1.82, 2.24) is 0 Å². The highest BCUT2D eigenvalue weighted by Gasteiger charge is 2.61. The molecule has 0 spiro atoms. The lowest BCUT2D eigenvalue weighted by Gasteiger charge is -2.55. The quantitative estimate of drug-likeness (QED) is 0.0305. The summed E-state index contributed by atoms with van der Waals surface area (Å²) in [5, 5.41) is 100. The Bertz CT molecular complexity index is 1620. The Morgan fingerprint density at radius 2 is 1.00 bits per heavy atom. The average molecular weight is 1130 g/mol. The van der Waals surface area contributed by atoms with Crippen molar-refractivity contribution in [3.63, 3.8) is 0 Å². The number of rotatable bonds is 25. The fourth-order valence-electron chi connectivity index (χ4n) is 14.6. The molecule has 0 amide bonds. The van der Waals surface area contributed by atoms with Gasteiger partial charge in [-0.2, -0.15) is 0 Å². The van der Waals surface area contributed by atoms with Crippen molar-refractivity contribution < 1.29 is 130 Å². The molecule has 0 aromatic heterocycles. The van der Waals surface area contributed by atoms with Crippen LogP contribution >= 0.6 is 0 Å². The molecule has 0 aromatic rings. The standard InChI is InChI=1S/C52H100N3O16.3ClH/c1-32-23-53(3,4)24-34(32)10-11-35-25-54(5,6)26-36(35)12-13-37-27-55(7,8)28-39(37)21-52(71-49-38(29-66-17-14-56)20-41(65-9)44(60)45(49)61)22-40(30-67-18-15-57)48(47(63)50(52)64)70-51-46(62)43(59)33(2)42(69-51)31-68-19-16-58;;;/h32-51,56-64H,10-31H2,1-9H3;3*1H/q+3;;;/p-3. The maximum atomic E-state index is 12.9. The van der Waals surface area contributed by atoms with Crippen LogP contribution in [0.15, 0.2) is 0 Å². The zero-order chi connectivity index (χ0) is 52.1. The van der Waals surface area contributed by atoms with Crippen molar-refractivity contribution in [1.29, 1.82) is 0 Å². The third-order valence-electron chi connectivity index (χ3n) is 18.0. The topological polar surface area (TPSA) is 247 Å². The number of hydrogen-bond acceptors (Lipinski definition) is 16. The van der Waals surface area contributed by atoms with E-state index in [-0.39, 0.29) is 121 Å². The van der Waals surface area contributed by atoms with Crippen LogP contribution in [0.25, 0.3) is 0 Å². The predicted molar refractivity (Wildman–Crippen MR) is 262 cm³/mol. The number of quaternary nitrogens is 3. The molecular weight excluding hydrogens is 1030 g/mol. The van der Waals surface area contributed by atoms with Gasteiger partial charge >= 0.3 is 0 Å². The van der Waals surface area contributed by atoms with Crippen LogP contribution in [0.3, 0.4) is 0 Å². The minimum Gasteiger partial charge on any atom is -1.00 e. The Morgan fingerprint density at radius 1 is 0.527 bits per heavy atom. The molecule has 2 saturated carbocycles. The number of ether oxygens (including phenoxy) is 7. The first kappa shape index (κ1) is 68.4. The number of aliphatic hydroxyl groups is 9. The molecule has 74 heavy (non-hydrogen) atoms. The molecule has 0 bridgehead atoms. The summed E-state index contributed by atoms with van der Waals surface area (Å²) >= 11 is 0. The van der Waals surface area contributed by atoms with Gasteiger partial charge in [0.2, 0.25) is 0 Å². The first-order valence-electron chi connectivity index (χ1n) is 27.1. The number of methoxy groups -OCH3 is 1. The van der Waals surface area contributed by atoms with Crippen LogP contribution in [-0.4, -0.2) is 280 Å². The van der Waals surface area contributed by atoms with Crippen LogP contribution in [0, 0.1) is 53.3 Å². The van der Waals surface area contributed by atoms with Crippen LogP contribution < -0.4 is 37.2 Å². The van der Waals surface area contributed by atoms with E-state index in [2.05, 4.69) is 49.2 Å². The summed E-state index contributed by atoms with van der Waals surface area (Å²) in [4.78, 5) is 0. The van der Waals surface area contributed by atoms with Crippen molar-refractivity contribution in [3.05, 3.63) is 0 Å². The second-order valence-corrected chi connectivity index (χ2v) is 25.2. The van der Waals surface area contributed by atoms with Gasteiger partial charge in [-0.25, -0.2) is 0 Å². The van der Waals surface area contributed by atoms with E-state index < -0.39 is 90.7 Å². The molecule has 6 aliphatic rings. The molecule has 4 saturated heterocycles. The first-order valence-corrected chi connectivity index (χ1v) is 27.1. The molecule has 6 fully saturated rings. The summed E-state index contributed by atoms with van der Waals surface area (Å²) in [6.45, 7) is 9.93. The first-order chi connectivity index (χ1) is 33.5. The molecule has 9 N–H and O–H groups in total. The van der Waals surface area contributed by atoms with Crippen molar-refractivity contribution in [3.8, 4) is 0 Å². The monoisotopic (exact) mass is 1130 g/mol. The Balaban J connectivity index is 0.00000481. The minimum absolute atomic E-state index is 0. The van der Waals surface area contributed by atoms with E-state index in [4.69, 9.17) is 33.2 Å². The van der Waals surface area contributed by atoms with Crippen molar-refractivity contribution in [2.24, 2.45) is 53.3 Å². The summed E-state index contributed by atoms with van der Waals surface area (Å²) in [6.07, 6.45) is -9.03. The van der Waals surface area contributed by atoms with E-state index >= 15 is 0 Å². The second-order valence-electron chi connectivity index (χ2n) is 25.2. The number of hydrogen-bond donors (Lipinski definition) is 9. The largest absolute Gasteiger partial charge is 1.00 e. The van der Waals surface area contributed by atoms with Crippen LogP contribution in [0.5, 0.6) is 0 Å². The van der Waals surface area contributed by atoms with Gasteiger partial charge in [0, 0.05) is 60.4 Å². The summed E-state index contributed by atoms with van der Waals surface area (Å²) in [6, 6.07) is 0. The molecule has 4 heterocycles. The molecule has 21 unspecified atom stereocenters. The Labute approximate surface area is 461 Å². The summed E-state index contributed by atoms with van der Waals surface area (Å²) in [5.74, 6) is 1.05. The zero-order valence-electron chi connectivity index (χ0n) is 46.0. The van der Waals surface area contributed by atoms with E-state index in [1.807, 2.05) is 0 Å². The number of halogens is 3.